The van der Waals surface area contributed by atoms with E-state index in [1.807, 2.05) is 0 Å². The fraction of sp³-hybridized carbons (Fsp3) is 0.769. The van der Waals surface area contributed by atoms with Crippen molar-refractivity contribution in [2.45, 2.75) is 59.5 Å². The van der Waals surface area contributed by atoms with E-state index in [9.17, 15) is 0 Å². The molecule has 1 aromatic rings. The lowest BCUT2D eigenvalue weighted by Gasteiger charge is -2.28. The molecule has 0 amide bonds. The summed E-state index contributed by atoms with van der Waals surface area (Å²) in [6.07, 6.45) is 2.13. The smallest absolute Gasteiger partial charge is 0.139 e. The summed E-state index contributed by atoms with van der Waals surface area (Å²) in [5.41, 5.74) is 1.43. The molecule has 96 valence electrons. The minimum Gasteiger partial charge on any atom is -0.367 e. The van der Waals surface area contributed by atoms with Gasteiger partial charge >= 0.3 is 0 Å². The molecule has 1 aromatic heterocycles. The number of fused-ring (bicyclic) bond motifs is 1. The van der Waals surface area contributed by atoms with Crippen molar-refractivity contribution in [3.8, 4) is 0 Å². The maximum atomic E-state index is 4.76. The molecule has 1 N–H and O–H groups in total. The largest absolute Gasteiger partial charge is 0.367 e. The van der Waals surface area contributed by atoms with Crippen LogP contribution in [0, 0.1) is 5.41 Å². The van der Waals surface area contributed by atoms with E-state index in [0.29, 0.717) is 12.1 Å². The van der Waals surface area contributed by atoms with Crippen molar-refractivity contribution in [2.75, 3.05) is 5.32 Å². The molecule has 0 aromatic carbocycles. The molecule has 2 atom stereocenters. The average molecular weight is 300 g/mol. The van der Waals surface area contributed by atoms with E-state index in [0.717, 1.165) is 23.1 Å². The quantitative estimate of drug-likeness (QED) is 0.849. The van der Waals surface area contributed by atoms with Gasteiger partial charge in [-0.2, -0.15) is 5.10 Å². The lowest BCUT2D eigenvalue weighted by Crippen LogP contribution is -2.28. The molecule has 0 saturated carbocycles. The minimum atomic E-state index is 0.266. The van der Waals surface area contributed by atoms with Crippen LogP contribution in [0.2, 0.25) is 0 Å². The molecule has 17 heavy (non-hydrogen) atoms. The molecule has 2 heterocycles. The van der Waals surface area contributed by atoms with Crippen LogP contribution in [-0.4, -0.2) is 15.8 Å². The molecule has 0 aliphatic carbocycles. The Bertz CT molecular complexity index is 417. The van der Waals surface area contributed by atoms with Gasteiger partial charge in [-0.05, 0) is 48.0 Å². The number of nitrogens with zero attached hydrogens (tertiary/aromatic N) is 2. The molecule has 3 nitrogen and oxygen atoms in total. The Morgan fingerprint density at radius 2 is 2.06 bits per heavy atom. The number of aromatic nitrogens is 2. The second-order valence-electron chi connectivity index (χ2n) is 6.42. The third kappa shape index (κ3) is 2.67. The lowest BCUT2D eigenvalue weighted by molar-refractivity contribution is 0.387. The Hall–Kier alpha value is -0.510. The molecule has 4 heteroatoms. The first-order valence-electron chi connectivity index (χ1n) is 6.31. The average Bonchev–Trinajstić information content (AvgIpc) is 2.43. The summed E-state index contributed by atoms with van der Waals surface area (Å²) in [5.74, 6) is 1.15. The summed E-state index contributed by atoms with van der Waals surface area (Å²) in [5, 5.41) is 8.28. The van der Waals surface area contributed by atoms with Gasteiger partial charge in [0.2, 0.25) is 0 Å². The first-order valence-corrected chi connectivity index (χ1v) is 7.10. The van der Waals surface area contributed by atoms with Crippen LogP contribution >= 0.6 is 15.9 Å². The van der Waals surface area contributed by atoms with E-state index in [-0.39, 0.29) is 5.41 Å². The number of nitrogens with one attached hydrogen (secondary N) is 1. The minimum absolute atomic E-state index is 0.266. The van der Waals surface area contributed by atoms with E-state index < -0.39 is 0 Å². The molecule has 1 aliphatic heterocycles. The second-order valence-corrected chi connectivity index (χ2v) is 7.21. The van der Waals surface area contributed by atoms with Crippen molar-refractivity contribution in [3.05, 3.63) is 10.2 Å². The van der Waals surface area contributed by atoms with Crippen molar-refractivity contribution in [3.63, 3.8) is 0 Å². The number of rotatable bonds is 1. The van der Waals surface area contributed by atoms with Gasteiger partial charge in [-0.15, -0.1) is 0 Å². The highest BCUT2D eigenvalue weighted by molar-refractivity contribution is 9.10. The molecular formula is C13H22BrN3. The summed E-state index contributed by atoms with van der Waals surface area (Å²) >= 11 is 3.70. The fourth-order valence-electron chi connectivity index (χ4n) is 2.43. The predicted octanol–water partition coefficient (Wildman–Crippen LogP) is 4.00. The summed E-state index contributed by atoms with van der Waals surface area (Å²) in [6, 6.07) is 0.999. The number of anilines is 1. The van der Waals surface area contributed by atoms with E-state index in [1.165, 1.54) is 5.69 Å². The molecule has 1 aliphatic rings. The maximum Gasteiger partial charge on any atom is 0.139 e. The maximum absolute atomic E-state index is 4.76. The van der Waals surface area contributed by atoms with E-state index >= 15 is 0 Å². The van der Waals surface area contributed by atoms with Crippen molar-refractivity contribution in [1.29, 1.82) is 0 Å². The zero-order valence-corrected chi connectivity index (χ0v) is 12.9. The molecule has 2 unspecified atom stereocenters. The van der Waals surface area contributed by atoms with Gasteiger partial charge in [-0.1, -0.05) is 20.8 Å². The zero-order chi connectivity index (χ0) is 12.8. The number of hydrogen-bond donors (Lipinski definition) is 1. The Morgan fingerprint density at radius 3 is 2.65 bits per heavy atom. The number of hydrogen-bond acceptors (Lipinski definition) is 2. The van der Waals surface area contributed by atoms with Gasteiger partial charge in [-0.25, -0.2) is 4.68 Å². The van der Waals surface area contributed by atoms with E-state index in [2.05, 4.69) is 60.5 Å². The summed E-state index contributed by atoms with van der Waals surface area (Å²) in [6.45, 7) is 11.2. The highest BCUT2D eigenvalue weighted by Crippen LogP contribution is 2.36. The van der Waals surface area contributed by atoms with Crippen LogP contribution in [0.3, 0.4) is 0 Å². The Labute approximate surface area is 112 Å². The van der Waals surface area contributed by atoms with Crippen LogP contribution in [0.4, 0.5) is 5.82 Å². The van der Waals surface area contributed by atoms with Crippen molar-refractivity contribution in [2.24, 2.45) is 5.41 Å². The molecule has 0 saturated heterocycles. The van der Waals surface area contributed by atoms with Gasteiger partial charge in [-0.3, -0.25) is 0 Å². The van der Waals surface area contributed by atoms with Gasteiger partial charge in [0.15, 0.2) is 0 Å². The van der Waals surface area contributed by atoms with Crippen molar-refractivity contribution < 1.29 is 0 Å². The van der Waals surface area contributed by atoms with Gasteiger partial charge in [0, 0.05) is 6.04 Å². The predicted molar refractivity (Wildman–Crippen MR) is 75.5 cm³/mol. The van der Waals surface area contributed by atoms with E-state index in [4.69, 9.17) is 5.10 Å². The molecular weight excluding hydrogens is 278 g/mol. The zero-order valence-electron chi connectivity index (χ0n) is 11.3. The van der Waals surface area contributed by atoms with Gasteiger partial charge in [0.1, 0.15) is 5.82 Å². The van der Waals surface area contributed by atoms with Crippen LogP contribution in [0.5, 0.6) is 0 Å². The Kier molecular flexibility index (Phi) is 3.27. The van der Waals surface area contributed by atoms with Crippen LogP contribution in [0.1, 0.15) is 52.8 Å². The third-order valence-corrected chi connectivity index (χ3v) is 3.95. The third-order valence-electron chi connectivity index (χ3n) is 3.11. The van der Waals surface area contributed by atoms with E-state index in [1.54, 1.807) is 0 Å². The highest BCUT2D eigenvalue weighted by atomic mass is 79.9. The van der Waals surface area contributed by atoms with Gasteiger partial charge < -0.3 is 5.32 Å². The lowest BCUT2D eigenvalue weighted by atomic mass is 9.91. The van der Waals surface area contributed by atoms with Gasteiger partial charge in [0.05, 0.1) is 16.2 Å². The standard InChI is InChI=1S/C13H22BrN3/c1-8-6-9(2)17-12(15-8)11(14)10(16-17)7-13(3,4)5/h8-9,15H,6-7H2,1-5H3. The summed E-state index contributed by atoms with van der Waals surface area (Å²) in [7, 11) is 0. The summed E-state index contributed by atoms with van der Waals surface area (Å²) in [4.78, 5) is 0. The molecule has 0 spiro atoms. The number of halogens is 1. The van der Waals surface area contributed by atoms with Crippen LogP contribution < -0.4 is 5.32 Å². The second kappa shape index (κ2) is 4.30. The molecule has 0 fully saturated rings. The summed E-state index contributed by atoms with van der Waals surface area (Å²) < 4.78 is 3.27. The van der Waals surface area contributed by atoms with Crippen molar-refractivity contribution >= 4 is 21.7 Å². The van der Waals surface area contributed by atoms with Crippen LogP contribution in [0.25, 0.3) is 0 Å². The Balaban J connectivity index is 2.36. The van der Waals surface area contributed by atoms with Crippen LogP contribution in [-0.2, 0) is 6.42 Å². The van der Waals surface area contributed by atoms with Gasteiger partial charge in [0.25, 0.3) is 0 Å². The first kappa shape index (κ1) is 12.9. The Morgan fingerprint density at radius 1 is 1.41 bits per heavy atom. The SMILES string of the molecule is CC1CC(C)n2nc(CC(C)(C)C)c(Br)c2N1. The fourth-order valence-corrected chi connectivity index (χ4v) is 2.94. The topological polar surface area (TPSA) is 29.9 Å². The first-order chi connectivity index (χ1) is 7.78. The molecule has 2 rings (SSSR count). The molecule has 0 bridgehead atoms. The normalized spacial score (nSPS) is 24.4. The highest BCUT2D eigenvalue weighted by Gasteiger charge is 2.27. The van der Waals surface area contributed by atoms with Crippen LogP contribution in [0.15, 0.2) is 4.47 Å². The monoisotopic (exact) mass is 299 g/mol. The molecule has 0 radical (unpaired) electrons. The van der Waals surface area contributed by atoms with Crippen molar-refractivity contribution in [1.82, 2.24) is 9.78 Å².